The van der Waals surface area contributed by atoms with Gasteiger partial charge in [0.2, 0.25) is 17.6 Å². The second kappa shape index (κ2) is 12.3. The van der Waals surface area contributed by atoms with E-state index in [1.165, 1.54) is 6.20 Å². The van der Waals surface area contributed by atoms with Gasteiger partial charge in [-0.1, -0.05) is 11.6 Å². The van der Waals surface area contributed by atoms with E-state index in [0.717, 1.165) is 12.8 Å². The molecular weight excluding hydrogens is 512 g/mol. The zero-order chi connectivity index (χ0) is 27.2. The fourth-order valence-corrected chi connectivity index (χ4v) is 4.64. The van der Waals surface area contributed by atoms with Gasteiger partial charge in [-0.25, -0.2) is 4.98 Å². The molecule has 1 aliphatic rings. The number of rotatable bonds is 9. The van der Waals surface area contributed by atoms with Crippen molar-refractivity contribution in [3.63, 3.8) is 0 Å². The van der Waals surface area contributed by atoms with Crippen LogP contribution < -0.4 is 15.4 Å². The summed E-state index contributed by atoms with van der Waals surface area (Å²) in [6.07, 6.45) is 4.14. The maximum absolute atomic E-state index is 13.3. The molecule has 10 nitrogen and oxygen atoms in total. The standard InChI is InChI=1S/C27H31ClN4O6/c1-16(33)32(2)19-7-4-17(5-8-19)26(34)31-24-21-14-20(37-13-12-36-3)9-10-22(21)38-25(24)27(35)30-23-11-6-18(28)15-29-23/h6,9-11,14-15,17,19H,4-5,7-8,12-13H2,1-3H3,(H,31,34)(H,29,30,35)/t17-,19-. The Morgan fingerprint density at radius 3 is 2.53 bits per heavy atom. The van der Waals surface area contributed by atoms with Gasteiger partial charge in [0.05, 0.1) is 11.6 Å². The molecule has 1 saturated carbocycles. The first-order valence-corrected chi connectivity index (χ1v) is 12.8. The largest absolute Gasteiger partial charge is 0.491 e. The van der Waals surface area contributed by atoms with Crippen LogP contribution in [0.15, 0.2) is 40.9 Å². The first kappa shape index (κ1) is 27.4. The summed E-state index contributed by atoms with van der Waals surface area (Å²) in [5, 5.41) is 6.60. The number of aromatic nitrogens is 1. The van der Waals surface area contributed by atoms with Crippen molar-refractivity contribution in [2.75, 3.05) is 38.0 Å². The fraction of sp³-hybridized carbons (Fsp3) is 0.407. The SMILES string of the molecule is COCCOc1ccc2oc(C(=O)Nc3ccc(Cl)cn3)c(NC(=O)[C@H]3CC[C@H](N(C)C(C)=O)CC3)c2c1. The van der Waals surface area contributed by atoms with Crippen molar-refractivity contribution in [3.05, 3.63) is 47.3 Å². The molecule has 1 fully saturated rings. The van der Waals surface area contributed by atoms with E-state index in [0.29, 0.717) is 47.8 Å². The lowest BCUT2D eigenvalue weighted by Gasteiger charge is -2.33. The highest BCUT2D eigenvalue weighted by molar-refractivity contribution is 6.30. The summed E-state index contributed by atoms with van der Waals surface area (Å²) >= 11 is 5.90. The van der Waals surface area contributed by atoms with E-state index in [1.807, 2.05) is 0 Å². The maximum atomic E-state index is 13.3. The number of hydrogen-bond acceptors (Lipinski definition) is 7. The van der Waals surface area contributed by atoms with Gasteiger partial charge in [0, 0.05) is 44.6 Å². The van der Waals surface area contributed by atoms with Crippen LogP contribution in [-0.2, 0) is 14.3 Å². The molecule has 0 saturated heterocycles. The molecule has 1 aliphatic carbocycles. The lowest BCUT2D eigenvalue weighted by molar-refractivity contribution is -0.130. The molecule has 2 heterocycles. The van der Waals surface area contributed by atoms with Crippen LogP contribution >= 0.6 is 11.6 Å². The third-order valence-corrected chi connectivity index (χ3v) is 6.97. The quantitative estimate of drug-likeness (QED) is 0.374. The number of carbonyl (C=O) groups excluding carboxylic acids is 3. The summed E-state index contributed by atoms with van der Waals surface area (Å²) in [7, 11) is 3.38. The number of hydrogen-bond donors (Lipinski definition) is 2. The van der Waals surface area contributed by atoms with Gasteiger partial charge in [-0.3, -0.25) is 14.4 Å². The molecule has 0 unspecified atom stereocenters. The van der Waals surface area contributed by atoms with Crippen molar-refractivity contribution in [1.82, 2.24) is 9.88 Å². The van der Waals surface area contributed by atoms with Crippen LogP contribution in [0.3, 0.4) is 0 Å². The minimum Gasteiger partial charge on any atom is -0.491 e. The van der Waals surface area contributed by atoms with Crippen molar-refractivity contribution in [1.29, 1.82) is 0 Å². The van der Waals surface area contributed by atoms with Gasteiger partial charge in [-0.2, -0.15) is 0 Å². The summed E-state index contributed by atoms with van der Waals surface area (Å²) in [5.41, 5.74) is 0.678. The molecule has 2 N–H and O–H groups in total. The first-order chi connectivity index (χ1) is 18.3. The zero-order valence-corrected chi connectivity index (χ0v) is 22.3. The second-order valence-electron chi connectivity index (χ2n) is 9.25. The topological polar surface area (TPSA) is 123 Å². The lowest BCUT2D eigenvalue weighted by Crippen LogP contribution is -2.40. The van der Waals surface area contributed by atoms with Crippen LogP contribution in [0.5, 0.6) is 5.75 Å². The number of halogens is 1. The molecule has 1 aromatic carbocycles. The van der Waals surface area contributed by atoms with Gasteiger partial charge in [0.25, 0.3) is 5.91 Å². The fourth-order valence-electron chi connectivity index (χ4n) is 4.52. The van der Waals surface area contributed by atoms with Gasteiger partial charge in [0.15, 0.2) is 0 Å². The summed E-state index contributed by atoms with van der Waals surface area (Å²) < 4.78 is 16.7. The Bertz CT molecular complexity index is 1300. The van der Waals surface area contributed by atoms with Crippen LogP contribution in [0.1, 0.15) is 43.2 Å². The van der Waals surface area contributed by atoms with E-state index < -0.39 is 5.91 Å². The number of nitrogens with zero attached hydrogens (tertiary/aromatic N) is 2. The van der Waals surface area contributed by atoms with Crippen molar-refractivity contribution < 1.29 is 28.3 Å². The van der Waals surface area contributed by atoms with Crippen LogP contribution in [0.25, 0.3) is 11.0 Å². The monoisotopic (exact) mass is 542 g/mol. The van der Waals surface area contributed by atoms with Gasteiger partial charge in [-0.15, -0.1) is 0 Å². The van der Waals surface area contributed by atoms with Crippen LogP contribution in [0.4, 0.5) is 11.5 Å². The molecule has 0 aliphatic heterocycles. The average molecular weight is 543 g/mol. The number of fused-ring (bicyclic) bond motifs is 1. The summed E-state index contributed by atoms with van der Waals surface area (Å²) in [6.45, 7) is 2.30. The minimum atomic E-state index is -0.569. The molecule has 11 heteroatoms. The number of nitrogens with one attached hydrogen (secondary N) is 2. The highest BCUT2D eigenvalue weighted by atomic mass is 35.5. The number of carbonyl (C=O) groups is 3. The van der Waals surface area contributed by atoms with E-state index >= 15 is 0 Å². The third-order valence-electron chi connectivity index (χ3n) is 6.75. The summed E-state index contributed by atoms with van der Waals surface area (Å²) in [5.74, 6) is -0.243. The highest BCUT2D eigenvalue weighted by Gasteiger charge is 2.31. The molecule has 0 spiro atoms. The molecule has 38 heavy (non-hydrogen) atoms. The number of methoxy groups -OCH3 is 1. The summed E-state index contributed by atoms with van der Waals surface area (Å²) in [6, 6.07) is 8.43. The number of amides is 3. The Labute approximate surface area is 225 Å². The Kier molecular flexibility index (Phi) is 8.85. The highest BCUT2D eigenvalue weighted by Crippen LogP contribution is 2.36. The number of anilines is 2. The van der Waals surface area contributed by atoms with Gasteiger partial charge < -0.3 is 29.4 Å². The van der Waals surface area contributed by atoms with Crippen molar-refractivity contribution >= 4 is 51.8 Å². The van der Waals surface area contributed by atoms with Gasteiger partial charge >= 0.3 is 0 Å². The van der Waals surface area contributed by atoms with Crippen LogP contribution in [-0.4, -0.2) is 61.0 Å². The number of benzene rings is 1. The molecule has 3 amide bonds. The Balaban J connectivity index is 1.58. The molecule has 0 atom stereocenters. The van der Waals surface area contributed by atoms with E-state index in [4.69, 9.17) is 25.5 Å². The van der Waals surface area contributed by atoms with Gasteiger partial charge in [0.1, 0.15) is 29.4 Å². The van der Waals surface area contributed by atoms with Crippen LogP contribution in [0.2, 0.25) is 5.02 Å². The molecule has 2 aromatic heterocycles. The predicted octanol–water partition coefficient (Wildman–Crippen LogP) is 4.73. The smallest absolute Gasteiger partial charge is 0.294 e. The van der Waals surface area contributed by atoms with Crippen LogP contribution in [0, 0.1) is 5.92 Å². The Morgan fingerprint density at radius 2 is 1.87 bits per heavy atom. The normalized spacial score (nSPS) is 17.2. The Morgan fingerprint density at radius 1 is 1.11 bits per heavy atom. The number of pyridine rings is 1. The van der Waals surface area contributed by atoms with Gasteiger partial charge in [-0.05, 0) is 56.0 Å². The molecular formula is C27H31ClN4O6. The lowest BCUT2D eigenvalue weighted by atomic mass is 9.84. The average Bonchev–Trinajstić information content (AvgIpc) is 3.27. The van der Waals surface area contributed by atoms with Crippen molar-refractivity contribution in [2.24, 2.45) is 5.92 Å². The molecule has 0 radical (unpaired) electrons. The minimum absolute atomic E-state index is 0.0112. The summed E-state index contributed by atoms with van der Waals surface area (Å²) in [4.78, 5) is 44.1. The second-order valence-corrected chi connectivity index (χ2v) is 9.68. The number of ether oxygens (including phenoxy) is 2. The van der Waals surface area contributed by atoms with Crippen molar-refractivity contribution in [3.8, 4) is 5.75 Å². The molecule has 0 bridgehead atoms. The molecule has 202 valence electrons. The number of furan rings is 1. The van der Waals surface area contributed by atoms with E-state index in [9.17, 15) is 14.4 Å². The van der Waals surface area contributed by atoms with E-state index in [2.05, 4.69) is 15.6 Å². The maximum Gasteiger partial charge on any atom is 0.294 e. The first-order valence-electron chi connectivity index (χ1n) is 12.4. The third kappa shape index (κ3) is 6.43. The van der Waals surface area contributed by atoms with E-state index in [1.54, 1.807) is 56.3 Å². The van der Waals surface area contributed by atoms with E-state index in [-0.39, 0.29) is 41.0 Å². The molecule has 4 rings (SSSR count). The predicted molar refractivity (Wildman–Crippen MR) is 144 cm³/mol. The Hall–Kier alpha value is -3.63. The van der Waals surface area contributed by atoms with Crippen molar-refractivity contribution in [2.45, 2.75) is 38.6 Å². The molecule has 3 aromatic rings. The zero-order valence-electron chi connectivity index (χ0n) is 21.6.